The van der Waals surface area contributed by atoms with Crippen molar-refractivity contribution in [1.82, 2.24) is 5.32 Å². The molecule has 0 radical (unpaired) electrons. The van der Waals surface area contributed by atoms with E-state index in [1.54, 1.807) is 18.2 Å². The number of hydrogen-bond acceptors (Lipinski definition) is 2. The fraction of sp³-hybridized carbons (Fsp3) is 0.429. The van der Waals surface area contributed by atoms with Gasteiger partial charge in [-0.15, -0.1) is 0 Å². The summed E-state index contributed by atoms with van der Waals surface area (Å²) in [6, 6.07) is 7.18. The molecule has 0 aliphatic rings. The van der Waals surface area contributed by atoms with Gasteiger partial charge in [0.25, 0.3) is 0 Å². The molecule has 0 fully saturated rings. The van der Waals surface area contributed by atoms with Crippen LogP contribution in [-0.4, -0.2) is 23.5 Å². The van der Waals surface area contributed by atoms with E-state index >= 15 is 0 Å². The number of carbonyl (C=O) groups is 2. The minimum absolute atomic E-state index is 0.0773. The van der Waals surface area contributed by atoms with Gasteiger partial charge in [-0.1, -0.05) is 37.6 Å². The number of carboxylic acids is 1. The molecule has 1 amide bonds. The van der Waals surface area contributed by atoms with Crippen molar-refractivity contribution < 1.29 is 14.7 Å². The Hall–Kier alpha value is -1.55. The van der Waals surface area contributed by atoms with E-state index in [0.717, 1.165) is 5.56 Å². The van der Waals surface area contributed by atoms with Gasteiger partial charge in [0.05, 0.1) is 12.3 Å². The Morgan fingerprint density at radius 2 is 2.05 bits per heavy atom. The molecule has 0 bridgehead atoms. The molecule has 0 saturated heterocycles. The van der Waals surface area contributed by atoms with Crippen LogP contribution in [0.3, 0.4) is 0 Å². The van der Waals surface area contributed by atoms with E-state index in [1.165, 1.54) is 0 Å². The zero-order valence-electron chi connectivity index (χ0n) is 11.0. The zero-order chi connectivity index (χ0) is 14.4. The summed E-state index contributed by atoms with van der Waals surface area (Å²) in [7, 11) is 0. The van der Waals surface area contributed by atoms with Crippen molar-refractivity contribution >= 4 is 23.5 Å². The first-order valence-corrected chi connectivity index (χ1v) is 6.54. The largest absolute Gasteiger partial charge is 0.481 e. The second-order valence-electron chi connectivity index (χ2n) is 4.71. The molecule has 104 valence electrons. The third-order valence-corrected chi connectivity index (χ3v) is 3.03. The topological polar surface area (TPSA) is 66.4 Å². The van der Waals surface area contributed by atoms with Crippen LogP contribution in [0.1, 0.15) is 31.7 Å². The zero-order valence-corrected chi connectivity index (χ0v) is 11.8. The summed E-state index contributed by atoms with van der Waals surface area (Å²) in [6.07, 6.45) is -0.0773. The average molecular weight is 284 g/mol. The highest BCUT2D eigenvalue weighted by molar-refractivity contribution is 6.30. The summed E-state index contributed by atoms with van der Waals surface area (Å²) >= 11 is 5.93. The van der Waals surface area contributed by atoms with Crippen LogP contribution in [0.2, 0.25) is 5.02 Å². The molecule has 1 unspecified atom stereocenters. The highest BCUT2D eigenvalue weighted by atomic mass is 35.5. The molecule has 1 rings (SSSR count). The number of carbonyl (C=O) groups excluding carboxylic acids is 1. The number of nitrogens with one attached hydrogen (secondary N) is 1. The van der Waals surface area contributed by atoms with Gasteiger partial charge >= 0.3 is 5.97 Å². The Labute approximate surface area is 117 Å². The minimum atomic E-state index is -0.927. The molecule has 19 heavy (non-hydrogen) atoms. The van der Waals surface area contributed by atoms with Crippen LogP contribution in [0.4, 0.5) is 0 Å². The van der Waals surface area contributed by atoms with Crippen molar-refractivity contribution in [3.8, 4) is 0 Å². The normalized spacial score (nSPS) is 12.2. The number of rotatable bonds is 6. The van der Waals surface area contributed by atoms with E-state index in [2.05, 4.69) is 5.32 Å². The van der Waals surface area contributed by atoms with E-state index in [-0.39, 0.29) is 30.7 Å². The fourth-order valence-electron chi connectivity index (χ4n) is 1.94. The lowest BCUT2D eigenvalue weighted by Crippen LogP contribution is -2.33. The van der Waals surface area contributed by atoms with Gasteiger partial charge < -0.3 is 10.4 Å². The molecule has 0 heterocycles. The van der Waals surface area contributed by atoms with Crippen LogP contribution in [0, 0.1) is 5.92 Å². The number of carboxylic acid groups (broad SMARTS) is 1. The highest BCUT2D eigenvalue weighted by Crippen LogP contribution is 2.26. The van der Waals surface area contributed by atoms with Gasteiger partial charge in [-0.25, -0.2) is 0 Å². The van der Waals surface area contributed by atoms with Gasteiger partial charge in [-0.3, -0.25) is 9.59 Å². The standard InChI is InChI=1S/C14H18ClNO3/c1-9(2)13(10-4-3-5-11(15)8-10)14(19)16-7-6-12(17)18/h3-5,8-9,13H,6-7H2,1-2H3,(H,16,19)(H,17,18). The monoisotopic (exact) mass is 283 g/mol. The Morgan fingerprint density at radius 1 is 1.37 bits per heavy atom. The number of hydrogen-bond donors (Lipinski definition) is 2. The maximum atomic E-state index is 12.1. The SMILES string of the molecule is CC(C)C(C(=O)NCCC(=O)O)c1cccc(Cl)c1. The third kappa shape index (κ3) is 4.91. The van der Waals surface area contributed by atoms with Crippen molar-refractivity contribution in [2.45, 2.75) is 26.2 Å². The summed E-state index contributed by atoms with van der Waals surface area (Å²) in [5, 5.41) is 11.8. The fourth-order valence-corrected chi connectivity index (χ4v) is 2.14. The Balaban J connectivity index is 2.77. The first-order valence-electron chi connectivity index (χ1n) is 6.16. The predicted octanol–water partition coefficient (Wildman–Crippen LogP) is 2.67. The van der Waals surface area contributed by atoms with Gasteiger partial charge in [0, 0.05) is 11.6 Å². The second kappa shape index (κ2) is 7.14. The number of halogens is 1. The van der Waals surface area contributed by atoms with E-state index in [4.69, 9.17) is 16.7 Å². The quantitative estimate of drug-likeness (QED) is 0.843. The first kappa shape index (κ1) is 15.5. The maximum Gasteiger partial charge on any atom is 0.305 e. The maximum absolute atomic E-state index is 12.1. The summed E-state index contributed by atoms with van der Waals surface area (Å²) < 4.78 is 0. The Kier molecular flexibility index (Phi) is 5.83. The molecule has 1 atom stereocenters. The van der Waals surface area contributed by atoms with E-state index < -0.39 is 5.97 Å². The third-order valence-electron chi connectivity index (χ3n) is 2.80. The molecular formula is C14H18ClNO3. The highest BCUT2D eigenvalue weighted by Gasteiger charge is 2.24. The second-order valence-corrected chi connectivity index (χ2v) is 5.15. The van der Waals surface area contributed by atoms with Crippen LogP contribution in [0.5, 0.6) is 0 Å². The van der Waals surface area contributed by atoms with Gasteiger partial charge in [-0.05, 0) is 23.6 Å². The lowest BCUT2D eigenvalue weighted by atomic mass is 9.87. The molecule has 5 heteroatoms. The van der Waals surface area contributed by atoms with Crippen LogP contribution in [-0.2, 0) is 9.59 Å². The van der Waals surface area contributed by atoms with Crippen LogP contribution < -0.4 is 5.32 Å². The number of aliphatic carboxylic acids is 1. The van der Waals surface area contributed by atoms with Crippen molar-refractivity contribution in [1.29, 1.82) is 0 Å². The summed E-state index contributed by atoms with van der Waals surface area (Å²) in [6.45, 7) is 4.03. The molecule has 0 spiro atoms. The summed E-state index contributed by atoms with van der Waals surface area (Å²) in [5.41, 5.74) is 0.843. The lowest BCUT2D eigenvalue weighted by molar-refractivity contribution is -0.136. The van der Waals surface area contributed by atoms with Crippen molar-refractivity contribution in [2.75, 3.05) is 6.54 Å². The average Bonchev–Trinajstić information content (AvgIpc) is 2.28. The predicted molar refractivity (Wildman–Crippen MR) is 74.3 cm³/mol. The molecule has 2 N–H and O–H groups in total. The van der Waals surface area contributed by atoms with Gasteiger partial charge in [-0.2, -0.15) is 0 Å². The Bertz CT molecular complexity index is 460. The minimum Gasteiger partial charge on any atom is -0.481 e. The van der Waals surface area contributed by atoms with Gasteiger partial charge in [0.15, 0.2) is 0 Å². The molecule has 1 aromatic carbocycles. The molecule has 0 aromatic heterocycles. The first-order chi connectivity index (χ1) is 8.91. The number of benzene rings is 1. The van der Waals surface area contributed by atoms with Crippen molar-refractivity contribution in [2.24, 2.45) is 5.92 Å². The van der Waals surface area contributed by atoms with Crippen molar-refractivity contribution in [3.63, 3.8) is 0 Å². The number of amides is 1. The molecule has 4 nitrogen and oxygen atoms in total. The molecule has 0 aliphatic heterocycles. The van der Waals surface area contributed by atoms with Crippen LogP contribution in [0.25, 0.3) is 0 Å². The van der Waals surface area contributed by atoms with E-state index in [0.29, 0.717) is 5.02 Å². The van der Waals surface area contributed by atoms with E-state index in [9.17, 15) is 9.59 Å². The van der Waals surface area contributed by atoms with Gasteiger partial charge in [0.2, 0.25) is 5.91 Å². The van der Waals surface area contributed by atoms with Crippen molar-refractivity contribution in [3.05, 3.63) is 34.9 Å². The summed E-state index contributed by atoms with van der Waals surface area (Å²) in [4.78, 5) is 22.6. The van der Waals surface area contributed by atoms with Gasteiger partial charge in [0.1, 0.15) is 0 Å². The van der Waals surface area contributed by atoms with Crippen LogP contribution in [0.15, 0.2) is 24.3 Å². The summed E-state index contributed by atoms with van der Waals surface area (Å²) in [5.74, 6) is -1.32. The molecule has 0 saturated carbocycles. The Morgan fingerprint density at radius 3 is 2.58 bits per heavy atom. The van der Waals surface area contributed by atoms with E-state index in [1.807, 2.05) is 19.9 Å². The smallest absolute Gasteiger partial charge is 0.305 e. The molecular weight excluding hydrogens is 266 g/mol. The molecule has 0 aliphatic carbocycles. The molecule has 1 aromatic rings. The van der Waals surface area contributed by atoms with Crippen LogP contribution >= 0.6 is 11.6 Å². The lowest BCUT2D eigenvalue weighted by Gasteiger charge is -2.20.